The maximum absolute atomic E-state index is 12.9. The van der Waals surface area contributed by atoms with E-state index in [1.165, 1.54) is 56.1 Å². The highest BCUT2D eigenvalue weighted by atomic mass is 32.2. The Balaban J connectivity index is 1.93. The Hall–Kier alpha value is -0.870. The normalized spacial score (nSPS) is 23.4. The van der Waals surface area contributed by atoms with Crippen LogP contribution in [0.1, 0.15) is 136 Å². The Morgan fingerprint density at radius 3 is 1.55 bits per heavy atom. The van der Waals surface area contributed by atoms with Crippen LogP contribution in [0.4, 0.5) is 0 Å². The van der Waals surface area contributed by atoms with Crippen LogP contribution < -0.4 is 0 Å². The van der Waals surface area contributed by atoms with Crippen molar-refractivity contribution in [2.75, 3.05) is 0 Å². The van der Waals surface area contributed by atoms with Crippen LogP contribution in [0.15, 0.2) is 11.0 Å². The quantitative estimate of drug-likeness (QED) is 0.519. The van der Waals surface area contributed by atoms with Gasteiger partial charge in [-0.3, -0.25) is 4.55 Å². The molecule has 3 fully saturated rings. The van der Waals surface area contributed by atoms with E-state index in [2.05, 4.69) is 13.0 Å². The molecule has 0 amide bonds. The molecule has 3 saturated carbocycles. The van der Waals surface area contributed by atoms with E-state index in [0.29, 0.717) is 16.7 Å². The van der Waals surface area contributed by atoms with Gasteiger partial charge >= 0.3 is 0 Å². The van der Waals surface area contributed by atoms with E-state index in [9.17, 15) is 13.0 Å². The maximum Gasteiger partial charge on any atom is 0.295 e. The lowest BCUT2D eigenvalue weighted by molar-refractivity contribution is 0.403. The van der Waals surface area contributed by atoms with Crippen molar-refractivity contribution in [1.82, 2.24) is 0 Å². The average Bonchev–Trinajstić information content (AvgIpc) is 2.74. The van der Waals surface area contributed by atoms with E-state index in [1.54, 1.807) is 0 Å². The molecule has 162 valence electrons. The molecule has 0 atom stereocenters. The molecule has 0 radical (unpaired) electrons. The maximum atomic E-state index is 12.9. The van der Waals surface area contributed by atoms with Crippen molar-refractivity contribution in [3.8, 4) is 0 Å². The van der Waals surface area contributed by atoms with Crippen molar-refractivity contribution in [3.05, 3.63) is 28.3 Å². The van der Waals surface area contributed by atoms with Gasteiger partial charge in [-0.2, -0.15) is 8.42 Å². The second-order valence-corrected chi connectivity index (χ2v) is 11.3. The van der Waals surface area contributed by atoms with E-state index < -0.39 is 10.1 Å². The number of rotatable bonds is 4. The summed E-state index contributed by atoms with van der Waals surface area (Å²) in [7, 11) is -4.24. The summed E-state index contributed by atoms with van der Waals surface area (Å²) >= 11 is 0. The lowest BCUT2D eigenvalue weighted by atomic mass is 9.72. The standard InChI is InChI=1S/C25H38O3S/c1-18-17-22(19-11-5-2-6-12-19)25(29(26,27)28)24(21-15-9-4-10-16-21)23(18)20-13-7-3-8-14-20/h17,19-21H,2-16H2,1H3,(H,26,27,28). The first-order chi connectivity index (χ1) is 14.0. The van der Waals surface area contributed by atoms with Crippen LogP contribution in [0, 0.1) is 6.92 Å². The number of aryl methyl sites for hydroxylation is 1. The molecule has 29 heavy (non-hydrogen) atoms. The molecule has 0 unspecified atom stereocenters. The summed E-state index contributed by atoms with van der Waals surface area (Å²) in [6.07, 6.45) is 17.5. The van der Waals surface area contributed by atoms with E-state index in [0.717, 1.165) is 62.5 Å². The summed E-state index contributed by atoms with van der Waals surface area (Å²) in [5.41, 5.74) is 4.55. The fraction of sp³-hybridized carbons (Fsp3) is 0.760. The lowest BCUT2D eigenvalue weighted by Gasteiger charge is -2.35. The molecule has 0 aromatic heterocycles. The summed E-state index contributed by atoms with van der Waals surface area (Å²) in [6.45, 7) is 2.20. The summed E-state index contributed by atoms with van der Waals surface area (Å²) in [5.74, 6) is 1.03. The van der Waals surface area contributed by atoms with Crippen LogP contribution in [0.25, 0.3) is 0 Å². The van der Waals surface area contributed by atoms with Crippen LogP contribution in [0.3, 0.4) is 0 Å². The fourth-order valence-corrected chi connectivity index (χ4v) is 7.68. The van der Waals surface area contributed by atoms with Crippen molar-refractivity contribution in [2.24, 2.45) is 0 Å². The zero-order chi connectivity index (χ0) is 20.4. The second kappa shape index (κ2) is 9.09. The number of hydrogen-bond donors (Lipinski definition) is 1. The molecular formula is C25H38O3S. The number of benzene rings is 1. The molecule has 3 nitrogen and oxygen atoms in total. The Morgan fingerprint density at radius 2 is 1.10 bits per heavy atom. The van der Waals surface area contributed by atoms with E-state index in [4.69, 9.17) is 0 Å². The minimum Gasteiger partial charge on any atom is -0.282 e. The van der Waals surface area contributed by atoms with Gasteiger partial charge < -0.3 is 0 Å². The summed E-state index contributed by atoms with van der Waals surface area (Å²) in [6, 6.07) is 2.16. The summed E-state index contributed by atoms with van der Waals surface area (Å²) in [5, 5.41) is 0. The number of hydrogen-bond acceptors (Lipinski definition) is 2. The van der Waals surface area contributed by atoms with Gasteiger partial charge in [0, 0.05) is 0 Å². The van der Waals surface area contributed by atoms with Gasteiger partial charge in [-0.05, 0) is 85.5 Å². The summed E-state index contributed by atoms with van der Waals surface area (Å²) in [4.78, 5) is 0.336. The topological polar surface area (TPSA) is 54.4 Å². The zero-order valence-electron chi connectivity index (χ0n) is 18.1. The first kappa shape index (κ1) is 21.4. The highest BCUT2D eigenvalue weighted by Crippen LogP contribution is 2.48. The third-order valence-corrected chi connectivity index (χ3v) is 8.90. The lowest BCUT2D eigenvalue weighted by Crippen LogP contribution is -2.21. The van der Waals surface area contributed by atoms with Crippen molar-refractivity contribution < 1.29 is 13.0 Å². The van der Waals surface area contributed by atoms with E-state index in [-0.39, 0.29) is 5.92 Å². The first-order valence-corrected chi connectivity index (χ1v) is 13.6. The van der Waals surface area contributed by atoms with Crippen molar-refractivity contribution in [1.29, 1.82) is 0 Å². The average molecular weight is 419 g/mol. The zero-order valence-corrected chi connectivity index (χ0v) is 18.9. The minimum absolute atomic E-state index is 0.280. The minimum atomic E-state index is -4.24. The van der Waals surface area contributed by atoms with Gasteiger partial charge in [0.15, 0.2) is 0 Å². The molecule has 0 aliphatic heterocycles. The molecule has 3 aliphatic rings. The Kier molecular flexibility index (Phi) is 6.70. The fourth-order valence-electron chi connectivity index (χ4n) is 6.60. The predicted molar refractivity (Wildman–Crippen MR) is 118 cm³/mol. The Bertz CT molecular complexity index is 809. The van der Waals surface area contributed by atoms with Crippen molar-refractivity contribution in [3.63, 3.8) is 0 Å². The Morgan fingerprint density at radius 1 is 0.690 bits per heavy atom. The highest BCUT2D eigenvalue weighted by Gasteiger charge is 2.35. The Labute approximate surface area is 177 Å². The van der Waals surface area contributed by atoms with Crippen LogP contribution >= 0.6 is 0 Å². The molecule has 0 bridgehead atoms. The molecular weight excluding hydrogens is 380 g/mol. The van der Waals surface area contributed by atoms with Gasteiger partial charge in [0.25, 0.3) is 10.1 Å². The van der Waals surface area contributed by atoms with Crippen LogP contribution in [0.5, 0.6) is 0 Å². The molecule has 0 spiro atoms. The van der Waals surface area contributed by atoms with Gasteiger partial charge in [-0.25, -0.2) is 0 Å². The van der Waals surface area contributed by atoms with Crippen molar-refractivity contribution >= 4 is 10.1 Å². The van der Waals surface area contributed by atoms with Crippen LogP contribution in [-0.2, 0) is 10.1 Å². The molecule has 1 aromatic carbocycles. The largest absolute Gasteiger partial charge is 0.295 e. The third kappa shape index (κ3) is 4.58. The third-order valence-electron chi connectivity index (χ3n) is 7.92. The van der Waals surface area contributed by atoms with Gasteiger partial charge in [0.2, 0.25) is 0 Å². The molecule has 1 N–H and O–H groups in total. The molecule has 1 aromatic rings. The van der Waals surface area contributed by atoms with Gasteiger partial charge in [0.05, 0.1) is 0 Å². The van der Waals surface area contributed by atoms with E-state index >= 15 is 0 Å². The second-order valence-electron chi connectivity index (χ2n) is 9.92. The van der Waals surface area contributed by atoms with Gasteiger partial charge in [-0.15, -0.1) is 0 Å². The molecule has 0 saturated heterocycles. The SMILES string of the molecule is Cc1cc(C2CCCCC2)c(S(=O)(=O)O)c(C2CCCCC2)c1C1CCCCC1. The van der Waals surface area contributed by atoms with Gasteiger partial charge in [-0.1, -0.05) is 63.9 Å². The molecule has 0 heterocycles. The van der Waals surface area contributed by atoms with Gasteiger partial charge in [0.1, 0.15) is 4.90 Å². The molecule has 4 rings (SSSR count). The first-order valence-electron chi connectivity index (χ1n) is 12.1. The highest BCUT2D eigenvalue weighted by molar-refractivity contribution is 7.86. The molecule has 3 aliphatic carbocycles. The monoisotopic (exact) mass is 418 g/mol. The van der Waals surface area contributed by atoms with Crippen LogP contribution in [0.2, 0.25) is 0 Å². The molecule has 4 heteroatoms. The summed E-state index contributed by atoms with van der Waals surface area (Å²) < 4.78 is 36.2. The van der Waals surface area contributed by atoms with Crippen molar-refractivity contribution in [2.45, 2.75) is 126 Å². The smallest absolute Gasteiger partial charge is 0.282 e. The van der Waals surface area contributed by atoms with Crippen LogP contribution in [-0.4, -0.2) is 13.0 Å². The van der Waals surface area contributed by atoms with E-state index in [1.807, 2.05) is 0 Å². The predicted octanol–water partition coefficient (Wildman–Crippen LogP) is 7.38.